The maximum absolute atomic E-state index is 11.7. The van der Waals surface area contributed by atoms with Gasteiger partial charge in [0, 0.05) is 0 Å². The first-order chi connectivity index (χ1) is 4.36. The first kappa shape index (κ1) is 6.26. The first-order valence-electron chi connectivity index (χ1n) is 2.83. The molecule has 0 spiro atoms. The Labute approximate surface area is 53.5 Å². The molecular formula is C6H7FN2. The predicted molar refractivity (Wildman–Crippen MR) is 32.6 cm³/mol. The predicted octanol–water partition coefficient (Wildman–Crippen LogP) is 1.03. The molecule has 1 aliphatic rings. The SMILES string of the molecule is CCC1=[C][N]C(CF)=N1. The van der Waals surface area contributed by atoms with Crippen LogP contribution in [0.3, 0.4) is 0 Å². The molecule has 1 aliphatic heterocycles. The van der Waals surface area contributed by atoms with Gasteiger partial charge in [0.05, 0.1) is 5.70 Å². The minimum absolute atomic E-state index is 0.242. The van der Waals surface area contributed by atoms with E-state index in [0.29, 0.717) is 0 Å². The molecule has 0 aliphatic carbocycles. The molecule has 0 aromatic carbocycles. The van der Waals surface area contributed by atoms with Crippen LogP contribution in [0, 0.1) is 6.20 Å². The molecule has 3 heteroatoms. The van der Waals surface area contributed by atoms with Crippen molar-refractivity contribution in [2.45, 2.75) is 13.3 Å². The van der Waals surface area contributed by atoms with Crippen molar-refractivity contribution in [3.05, 3.63) is 11.9 Å². The second-order valence-electron chi connectivity index (χ2n) is 1.69. The lowest BCUT2D eigenvalue weighted by atomic mass is 10.4. The van der Waals surface area contributed by atoms with Gasteiger partial charge in [-0.2, -0.15) is 0 Å². The molecule has 0 bridgehead atoms. The molecule has 1 rings (SSSR count). The Bertz CT molecular complexity index is 160. The maximum Gasteiger partial charge on any atom is 0.160 e. The Morgan fingerprint density at radius 2 is 2.44 bits per heavy atom. The minimum atomic E-state index is -0.587. The number of nitrogens with zero attached hydrogens (tertiary/aromatic N) is 2. The number of hydrogen-bond acceptors (Lipinski definition) is 1. The molecule has 0 N–H and O–H groups in total. The van der Waals surface area contributed by atoms with E-state index in [1.54, 1.807) is 0 Å². The molecule has 0 aromatic rings. The first-order valence-corrected chi connectivity index (χ1v) is 2.83. The van der Waals surface area contributed by atoms with E-state index >= 15 is 0 Å². The highest BCUT2D eigenvalue weighted by Crippen LogP contribution is 2.06. The van der Waals surface area contributed by atoms with Gasteiger partial charge in [0.15, 0.2) is 5.84 Å². The van der Waals surface area contributed by atoms with Gasteiger partial charge in [0.2, 0.25) is 0 Å². The monoisotopic (exact) mass is 126 g/mol. The summed E-state index contributed by atoms with van der Waals surface area (Å²) in [4.78, 5) is 3.81. The highest BCUT2D eigenvalue weighted by Gasteiger charge is 2.07. The molecular weight excluding hydrogens is 119 g/mol. The average molecular weight is 126 g/mol. The number of rotatable bonds is 2. The van der Waals surface area contributed by atoms with Crippen LogP contribution in [0.4, 0.5) is 4.39 Å². The highest BCUT2D eigenvalue weighted by atomic mass is 19.1. The van der Waals surface area contributed by atoms with E-state index in [1.807, 2.05) is 6.92 Å². The summed E-state index contributed by atoms with van der Waals surface area (Å²) in [7, 11) is 0. The number of allylic oxidation sites excluding steroid dienone is 1. The average Bonchev–Trinajstić information content (AvgIpc) is 2.34. The fourth-order valence-corrected chi connectivity index (χ4v) is 0.553. The Morgan fingerprint density at radius 3 is 2.78 bits per heavy atom. The molecule has 0 aromatic heterocycles. The summed E-state index contributed by atoms with van der Waals surface area (Å²) >= 11 is 0. The molecule has 9 heavy (non-hydrogen) atoms. The quantitative estimate of drug-likeness (QED) is 0.528. The number of alkyl halides is 1. The number of hydrogen-bond donors (Lipinski definition) is 0. The fourth-order valence-electron chi connectivity index (χ4n) is 0.553. The second kappa shape index (κ2) is 2.62. The van der Waals surface area contributed by atoms with Crippen molar-refractivity contribution in [2.24, 2.45) is 4.99 Å². The molecule has 0 atom stereocenters. The maximum atomic E-state index is 11.7. The highest BCUT2D eigenvalue weighted by molar-refractivity contribution is 5.86. The van der Waals surface area contributed by atoms with Gasteiger partial charge < -0.3 is 0 Å². The van der Waals surface area contributed by atoms with Crippen molar-refractivity contribution >= 4 is 5.84 Å². The van der Waals surface area contributed by atoms with Gasteiger partial charge in [-0.15, -0.1) is 0 Å². The van der Waals surface area contributed by atoms with Crippen LogP contribution < -0.4 is 5.32 Å². The summed E-state index contributed by atoms with van der Waals surface area (Å²) in [5.74, 6) is 0.242. The lowest BCUT2D eigenvalue weighted by Crippen LogP contribution is -2.07. The Balaban J connectivity index is 2.52. The Hall–Kier alpha value is -0.860. The third-order valence-corrected chi connectivity index (χ3v) is 1.03. The summed E-state index contributed by atoms with van der Waals surface area (Å²) in [5, 5.41) is 3.59. The lowest BCUT2D eigenvalue weighted by Gasteiger charge is -1.85. The van der Waals surface area contributed by atoms with Crippen molar-refractivity contribution in [1.29, 1.82) is 0 Å². The Kier molecular flexibility index (Phi) is 1.82. The number of amidine groups is 1. The van der Waals surface area contributed by atoms with Crippen molar-refractivity contribution < 1.29 is 4.39 Å². The van der Waals surface area contributed by atoms with Gasteiger partial charge in [-0.3, -0.25) is 0 Å². The molecule has 48 valence electrons. The van der Waals surface area contributed by atoms with Crippen molar-refractivity contribution in [3.63, 3.8) is 0 Å². The van der Waals surface area contributed by atoms with Crippen molar-refractivity contribution in [3.8, 4) is 0 Å². The molecule has 0 amide bonds. The van der Waals surface area contributed by atoms with E-state index in [2.05, 4.69) is 16.5 Å². The zero-order valence-corrected chi connectivity index (χ0v) is 5.19. The second-order valence-corrected chi connectivity index (χ2v) is 1.69. The van der Waals surface area contributed by atoms with Crippen LogP contribution in [0.5, 0.6) is 0 Å². The number of halogens is 1. The van der Waals surface area contributed by atoms with Gasteiger partial charge in [0.1, 0.15) is 12.9 Å². The van der Waals surface area contributed by atoms with Gasteiger partial charge in [-0.25, -0.2) is 14.7 Å². The van der Waals surface area contributed by atoms with E-state index in [1.165, 1.54) is 0 Å². The molecule has 2 nitrogen and oxygen atoms in total. The summed E-state index contributed by atoms with van der Waals surface area (Å²) < 4.78 is 11.7. The number of aliphatic imine (C=N–C) groups is 1. The zero-order valence-electron chi connectivity index (χ0n) is 5.19. The van der Waals surface area contributed by atoms with E-state index in [0.717, 1.165) is 12.1 Å². The molecule has 0 saturated carbocycles. The summed E-state index contributed by atoms with van der Waals surface area (Å²) in [6.07, 6.45) is 3.38. The molecule has 0 fully saturated rings. The van der Waals surface area contributed by atoms with E-state index in [9.17, 15) is 4.39 Å². The van der Waals surface area contributed by atoms with Crippen LogP contribution in [-0.2, 0) is 0 Å². The van der Waals surface area contributed by atoms with Crippen molar-refractivity contribution in [2.75, 3.05) is 6.67 Å². The largest absolute Gasteiger partial charge is 0.242 e. The van der Waals surface area contributed by atoms with Crippen LogP contribution in [0.1, 0.15) is 13.3 Å². The van der Waals surface area contributed by atoms with Crippen LogP contribution in [0.25, 0.3) is 0 Å². The molecule has 0 unspecified atom stereocenters. The van der Waals surface area contributed by atoms with Gasteiger partial charge >= 0.3 is 0 Å². The standard InChI is InChI=1S/C6H7FN2/c1-2-5-4-8-6(3-7)9-5/h2-3H2,1H3. The van der Waals surface area contributed by atoms with Gasteiger partial charge in [-0.1, -0.05) is 6.92 Å². The third kappa shape index (κ3) is 1.28. The smallest absolute Gasteiger partial charge is 0.160 e. The topological polar surface area (TPSA) is 26.5 Å². The third-order valence-electron chi connectivity index (χ3n) is 1.03. The van der Waals surface area contributed by atoms with Crippen LogP contribution in [-0.4, -0.2) is 12.5 Å². The van der Waals surface area contributed by atoms with Crippen LogP contribution >= 0.6 is 0 Å². The lowest BCUT2D eigenvalue weighted by molar-refractivity contribution is 0.575. The van der Waals surface area contributed by atoms with E-state index < -0.39 is 6.67 Å². The van der Waals surface area contributed by atoms with Gasteiger partial charge in [0.25, 0.3) is 0 Å². The van der Waals surface area contributed by atoms with E-state index in [4.69, 9.17) is 0 Å². The molecule has 0 saturated heterocycles. The summed E-state index contributed by atoms with van der Waals surface area (Å²) in [6, 6.07) is 0. The Morgan fingerprint density at radius 1 is 1.67 bits per heavy atom. The summed E-state index contributed by atoms with van der Waals surface area (Å²) in [6.45, 7) is 1.35. The normalized spacial score (nSPS) is 16.7. The fraction of sp³-hybridized carbons (Fsp3) is 0.500. The van der Waals surface area contributed by atoms with E-state index in [-0.39, 0.29) is 5.84 Å². The van der Waals surface area contributed by atoms with Crippen LogP contribution in [0.2, 0.25) is 0 Å². The van der Waals surface area contributed by atoms with Crippen LogP contribution in [0.15, 0.2) is 10.7 Å². The van der Waals surface area contributed by atoms with Gasteiger partial charge in [-0.05, 0) is 6.42 Å². The summed E-state index contributed by atoms with van der Waals surface area (Å²) in [5.41, 5.74) is 0.739. The molecule has 1 heterocycles. The molecule has 2 radical (unpaired) electrons. The minimum Gasteiger partial charge on any atom is -0.242 e. The van der Waals surface area contributed by atoms with Crippen molar-refractivity contribution in [1.82, 2.24) is 5.32 Å². The zero-order chi connectivity index (χ0) is 6.69.